The fourth-order valence-electron chi connectivity index (χ4n) is 2.32. The normalized spacial score (nSPS) is 13.7. The van der Waals surface area contributed by atoms with E-state index in [9.17, 15) is 0 Å². The van der Waals surface area contributed by atoms with Crippen molar-refractivity contribution in [2.24, 2.45) is 0 Å². The quantitative estimate of drug-likeness (QED) is 0.539. The zero-order valence-electron chi connectivity index (χ0n) is 14.6. The summed E-state index contributed by atoms with van der Waals surface area (Å²) in [6.45, 7) is 9.66. The van der Waals surface area contributed by atoms with Gasteiger partial charge in [0.15, 0.2) is 0 Å². The van der Waals surface area contributed by atoms with Crippen LogP contribution in [0.15, 0.2) is 36.7 Å². The molecule has 0 radical (unpaired) electrons. The van der Waals surface area contributed by atoms with Crippen molar-refractivity contribution in [3.05, 3.63) is 47.8 Å². The van der Waals surface area contributed by atoms with Crippen LogP contribution in [0.5, 0.6) is 0 Å². The molecule has 4 nitrogen and oxygen atoms in total. The molecule has 0 amide bonds. The van der Waals surface area contributed by atoms with E-state index in [1.54, 1.807) is 0 Å². The Labute approximate surface area is 155 Å². The fourth-order valence-corrected chi connectivity index (χ4v) is 9.23. The number of nitrogens with zero attached hydrogens (tertiary/aromatic N) is 2. The van der Waals surface area contributed by atoms with E-state index < -0.39 is 0 Å². The molecule has 0 spiro atoms. The first-order valence-corrected chi connectivity index (χ1v) is 14.2. The predicted octanol–water partition coefficient (Wildman–Crippen LogP) is 1.95. The predicted molar refractivity (Wildman–Crippen MR) is 99.3 cm³/mol. The van der Waals surface area contributed by atoms with Crippen LogP contribution in [0.2, 0.25) is 0 Å². The van der Waals surface area contributed by atoms with Gasteiger partial charge in [0.25, 0.3) is 0 Å². The molecule has 0 fully saturated rings. The summed E-state index contributed by atoms with van der Waals surface area (Å²) in [5.41, 5.74) is 2.41. The average Bonchev–Trinajstić information content (AvgIpc) is 2.61. The maximum absolute atomic E-state index is 5.76. The molecule has 0 aliphatic heterocycles. The van der Waals surface area contributed by atoms with E-state index in [0.29, 0.717) is 13.2 Å². The van der Waals surface area contributed by atoms with Gasteiger partial charge in [0.1, 0.15) is 0 Å². The molecule has 0 saturated heterocycles. The van der Waals surface area contributed by atoms with Gasteiger partial charge in [-0.05, 0) is 0 Å². The van der Waals surface area contributed by atoms with Gasteiger partial charge in [0.2, 0.25) is 0 Å². The summed E-state index contributed by atoms with van der Waals surface area (Å²) in [6.07, 6.45) is 3.92. The van der Waals surface area contributed by atoms with E-state index in [4.69, 9.17) is 9.47 Å². The number of ether oxygens (including phenoxy) is 2. The maximum atomic E-state index is 5.76. The number of hydrogen-bond acceptors (Lipinski definition) is 4. The third-order valence-electron chi connectivity index (χ3n) is 3.51. The first-order valence-electron chi connectivity index (χ1n) is 8.14. The van der Waals surface area contributed by atoms with E-state index >= 15 is 0 Å². The molecule has 2 heterocycles. The molecule has 2 atom stereocenters. The second-order valence-corrected chi connectivity index (χ2v) is 11.1. The number of pyridine rings is 2. The minimum atomic E-state index is 0.0851. The molecule has 2 aromatic heterocycles. The Hall–Kier alpha value is -0.741. The zero-order chi connectivity index (χ0) is 17.4. The van der Waals surface area contributed by atoms with Gasteiger partial charge in [-0.3, -0.25) is 0 Å². The summed E-state index contributed by atoms with van der Waals surface area (Å²) in [4.78, 5) is 9.22. The molecular weight excluding hydrogens is 434 g/mol. The summed E-state index contributed by atoms with van der Waals surface area (Å²) < 4.78 is 13.9. The molecule has 0 unspecified atom stereocenters. The Balaban J connectivity index is 2.15. The van der Waals surface area contributed by atoms with Gasteiger partial charge in [0, 0.05) is 0 Å². The summed E-state index contributed by atoms with van der Waals surface area (Å²) in [5, 5.41) is 0. The van der Waals surface area contributed by atoms with Crippen molar-refractivity contribution < 1.29 is 9.47 Å². The Morgan fingerprint density at radius 3 is 1.62 bits per heavy atom. The van der Waals surface area contributed by atoms with Crippen LogP contribution in [0.25, 0.3) is 0 Å². The van der Waals surface area contributed by atoms with Crippen molar-refractivity contribution >= 4 is 35.4 Å². The number of aromatic nitrogens is 2. The standard InChI is InChI=1S/C18H24N2O2Se2/c1-5-21-13(3)15-9-7-11-19-17(15)23-24-18-16(10-8-12-20-18)14(4)22-6-2/h7-14H,5-6H2,1-4H3/t13-,14-/m1/s1. The topological polar surface area (TPSA) is 44.2 Å². The van der Waals surface area contributed by atoms with Crippen LogP contribution in [0.3, 0.4) is 0 Å². The number of rotatable bonds is 9. The molecular formula is C18H24N2O2Se2. The molecule has 2 aromatic rings. The monoisotopic (exact) mass is 460 g/mol. The molecule has 2 rings (SSSR count). The Morgan fingerprint density at radius 2 is 1.25 bits per heavy atom. The molecule has 0 saturated carbocycles. The van der Waals surface area contributed by atoms with Gasteiger partial charge in [-0.2, -0.15) is 0 Å². The molecule has 24 heavy (non-hydrogen) atoms. The SMILES string of the molecule is CCO[C@H](C)c1cccnc1[Se][Se]c1ncccc1[C@@H](C)OCC. The molecule has 6 heteroatoms. The molecule has 130 valence electrons. The third kappa shape index (κ3) is 5.38. The van der Waals surface area contributed by atoms with Crippen LogP contribution in [0.1, 0.15) is 51.0 Å². The molecule has 0 bridgehead atoms. The van der Waals surface area contributed by atoms with Gasteiger partial charge in [0.05, 0.1) is 0 Å². The Kier molecular flexibility index (Phi) is 8.40. The van der Waals surface area contributed by atoms with Crippen molar-refractivity contribution in [2.45, 2.75) is 39.9 Å². The van der Waals surface area contributed by atoms with Crippen molar-refractivity contribution in [2.75, 3.05) is 13.2 Å². The van der Waals surface area contributed by atoms with Crippen molar-refractivity contribution in [1.29, 1.82) is 0 Å². The van der Waals surface area contributed by atoms with Crippen molar-refractivity contribution in [3.63, 3.8) is 0 Å². The molecule has 0 aliphatic carbocycles. The minimum absolute atomic E-state index is 0.0851. The van der Waals surface area contributed by atoms with E-state index in [0.717, 1.165) is 0 Å². The summed E-state index contributed by atoms with van der Waals surface area (Å²) in [6, 6.07) is 8.23. The van der Waals surface area contributed by atoms with Gasteiger partial charge < -0.3 is 0 Å². The summed E-state index contributed by atoms with van der Waals surface area (Å²) >= 11 is 0.536. The zero-order valence-corrected chi connectivity index (χ0v) is 18.0. The Bertz CT molecular complexity index is 584. The van der Waals surface area contributed by atoms with E-state index in [1.165, 1.54) is 20.3 Å². The fraction of sp³-hybridized carbons (Fsp3) is 0.444. The molecule has 0 N–H and O–H groups in total. The van der Waals surface area contributed by atoms with E-state index in [2.05, 4.69) is 35.9 Å². The second kappa shape index (κ2) is 10.3. The van der Waals surface area contributed by atoms with Crippen LogP contribution in [-0.2, 0) is 9.47 Å². The Morgan fingerprint density at radius 1 is 0.833 bits per heavy atom. The third-order valence-corrected chi connectivity index (χ3v) is 10.1. The summed E-state index contributed by atoms with van der Waals surface area (Å²) in [5.74, 6) is 0. The van der Waals surface area contributed by atoms with Crippen LogP contribution >= 0.6 is 0 Å². The van der Waals surface area contributed by atoms with E-state index in [-0.39, 0.29) is 38.5 Å². The van der Waals surface area contributed by atoms with Crippen LogP contribution in [0, 0.1) is 0 Å². The average molecular weight is 458 g/mol. The summed E-state index contributed by atoms with van der Waals surface area (Å²) in [7, 11) is 0. The van der Waals surface area contributed by atoms with Gasteiger partial charge in [-0.15, -0.1) is 0 Å². The van der Waals surface area contributed by atoms with Crippen molar-refractivity contribution in [3.8, 4) is 0 Å². The molecule has 0 aromatic carbocycles. The van der Waals surface area contributed by atoms with Gasteiger partial charge >= 0.3 is 156 Å². The first-order chi connectivity index (χ1) is 11.7. The first kappa shape index (κ1) is 19.6. The van der Waals surface area contributed by atoms with Crippen LogP contribution in [-0.4, -0.2) is 49.4 Å². The van der Waals surface area contributed by atoms with Crippen LogP contribution in [0.4, 0.5) is 0 Å². The van der Waals surface area contributed by atoms with Gasteiger partial charge in [-0.1, -0.05) is 0 Å². The number of hydrogen-bond donors (Lipinski definition) is 0. The second-order valence-electron chi connectivity index (χ2n) is 5.16. The van der Waals surface area contributed by atoms with E-state index in [1.807, 2.05) is 38.4 Å². The van der Waals surface area contributed by atoms with Crippen LogP contribution < -0.4 is 9.18 Å². The van der Waals surface area contributed by atoms with Crippen molar-refractivity contribution in [1.82, 2.24) is 9.97 Å². The molecule has 0 aliphatic rings. The van der Waals surface area contributed by atoms with Gasteiger partial charge in [-0.25, -0.2) is 0 Å².